The predicted octanol–water partition coefficient (Wildman–Crippen LogP) is 3.75. The molecule has 3 heterocycles. The van der Waals surface area contributed by atoms with Gasteiger partial charge in [-0.15, -0.1) is 5.10 Å². The smallest absolute Gasteiger partial charge is 0.258 e. The van der Waals surface area contributed by atoms with Gasteiger partial charge in [-0.2, -0.15) is 13.9 Å². The molecule has 11 heteroatoms. The lowest BCUT2D eigenvalue weighted by Crippen LogP contribution is -2.18. The van der Waals surface area contributed by atoms with Gasteiger partial charge in [-0.3, -0.25) is 9.67 Å². The average Bonchev–Trinajstić information content (AvgIpc) is 3.27. The number of aromatic amines is 1. The van der Waals surface area contributed by atoms with Gasteiger partial charge in [0.2, 0.25) is 5.82 Å². The van der Waals surface area contributed by atoms with Gasteiger partial charge in [-0.25, -0.2) is 5.10 Å². The van der Waals surface area contributed by atoms with E-state index in [2.05, 4.69) is 30.7 Å². The molecule has 0 radical (unpaired) electrons. The van der Waals surface area contributed by atoms with E-state index in [-0.39, 0.29) is 12.1 Å². The molecule has 1 aromatic carbocycles. The van der Waals surface area contributed by atoms with Gasteiger partial charge < -0.3 is 0 Å². The maximum atomic E-state index is 14.7. The molecule has 4 aromatic rings. The van der Waals surface area contributed by atoms with Crippen molar-refractivity contribution in [3.8, 4) is 0 Å². The molecular weight excluding hydrogens is 399 g/mol. The van der Waals surface area contributed by atoms with Crippen LogP contribution < -0.4 is 0 Å². The van der Waals surface area contributed by atoms with E-state index in [9.17, 15) is 8.78 Å². The number of benzene rings is 1. The van der Waals surface area contributed by atoms with Crippen molar-refractivity contribution in [2.75, 3.05) is 0 Å². The average molecular weight is 410 g/mol. The fraction of sp³-hybridized carbons (Fsp3) is 0.188. The van der Waals surface area contributed by atoms with Gasteiger partial charge in [0.15, 0.2) is 0 Å². The summed E-state index contributed by atoms with van der Waals surface area (Å²) in [7, 11) is 0. The Morgan fingerprint density at radius 3 is 2.63 bits per heavy atom. The van der Waals surface area contributed by atoms with E-state index in [1.54, 1.807) is 29.8 Å². The van der Waals surface area contributed by atoms with Crippen LogP contribution in [-0.4, -0.2) is 35.4 Å². The monoisotopic (exact) mass is 409 g/mol. The van der Waals surface area contributed by atoms with Crippen molar-refractivity contribution < 1.29 is 8.78 Å². The summed E-state index contributed by atoms with van der Waals surface area (Å²) in [6, 6.07) is 6.45. The molecule has 7 nitrogen and oxygen atoms in total. The quantitative estimate of drug-likeness (QED) is 0.554. The Morgan fingerprint density at radius 1 is 1.22 bits per heavy atom. The highest BCUT2D eigenvalue weighted by Gasteiger charge is 2.39. The molecule has 3 aromatic heterocycles. The van der Waals surface area contributed by atoms with Crippen molar-refractivity contribution in [2.45, 2.75) is 19.4 Å². The van der Waals surface area contributed by atoms with Crippen LogP contribution in [0.15, 0.2) is 30.5 Å². The van der Waals surface area contributed by atoms with Crippen LogP contribution in [0.4, 0.5) is 8.78 Å². The van der Waals surface area contributed by atoms with Gasteiger partial charge in [0, 0.05) is 27.4 Å². The largest absolute Gasteiger partial charge is 0.334 e. The molecule has 0 unspecified atom stereocenters. The minimum atomic E-state index is -3.43. The molecule has 0 aliphatic heterocycles. The number of H-pyrrole nitrogens is 1. The number of halogens is 4. The number of rotatable bonds is 4. The third-order valence-corrected chi connectivity index (χ3v) is 4.84. The third-order valence-electron chi connectivity index (χ3n) is 4.13. The van der Waals surface area contributed by atoms with Crippen molar-refractivity contribution in [2.24, 2.45) is 0 Å². The first-order valence-electron chi connectivity index (χ1n) is 7.76. The Bertz CT molecular complexity index is 1110. The van der Waals surface area contributed by atoms with Crippen molar-refractivity contribution in [3.05, 3.63) is 63.2 Å². The van der Waals surface area contributed by atoms with Gasteiger partial charge in [-0.1, -0.05) is 29.3 Å². The molecule has 4 rings (SSSR count). The SMILES string of the molecule is Cc1nn(Cc2c(Cl)cccc2Cl)c2cc(C(F)(F)c3nnn[nH]3)cnc12. The first-order valence-corrected chi connectivity index (χ1v) is 8.52. The number of aromatic nitrogens is 7. The summed E-state index contributed by atoms with van der Waals surface area (Å²) in [4.78, 5) is 4.15. The molecule has 0 aliphatic rings. The Hall–Kier alpha value is -2.65. The number of aryl methyl sites for hydroxylation is 1. The lowest BCUT2D eigenvalue weighted by Gasteiger charge is -2.13. The third kappa shape index (κ3) is 3.02. The molecule has 0 amide bonds. The molecule has 138 valence electrons. The van der Waals surface area contributed by atoms with E-state index < -0.39 is 11.7 Å². The number of pyridine rings is 1. The highest BCUT2D eigenvalue weighted by molar-refractivity contribution is 6.36. The highest BCUT2D eigenvalue weighted by atomic mass is 35.5. The first kappa shape index (κ1) is 17.7. The summed E-state index contributed by atoms with van der Waals surface area (Å²) in [5.74, 6) is -4.10. The lowest BCUT2D eigenvalue weighted by molar-refractivity contribution is 0.0326. The topological polar surface area (TPSA) is 85.2 Å². The van der Waals surface area contributed by atoms with Crippen LogP contribution in [-0.2, 0) is 12.5 Å². The van der Waals surface area contributed by atoms with Crippen LogP contribution >= 0.6 is 23.2 Å². The van der Waals surface area contributed by atoms with E-state index in [0.717, 1.165) is 6.20 Å². The van der Waals surface area contributed by atoms with Crippen LogP contribution in [0.3, 0.4) is 0 Å². The highest BCUT2D eigenvalue weighted by Crippen LogP contribution is 2.34. The van der Waals surface area contributed by atoms with Gasteiger partial charge >= 0.3 is 5.92 Å². The Kier molecular flexibility index (Phi) is 4.27. The number of tetrazole rings is 1. The second kappa shape index (κ2) is 6.50. The molecule has 0 fully saturated rings. The van der Waals surface area contributed by atoms with Crippen LogP contribution in [0.2, 0.25) is 10.0 Å². The van der Waals surface area contributed by atoms with Crippen molar-refractivity contribution in [1.29, 1.82) is 0 Å². The second-order valence-electron chi connectivity index (χ2n) is 5.86. The summed E-state index contributed by atoms with van der Waals surface area (Å²) in [6.07, 6.45) is 1.09. The molecule has 0 spiro atoms. The molecular formula is C16H11Cl2F2N7. The summed E-state index contributed by atoms with van der Waals surface area (Å²) >= 11 is 12.4. The first-order chi connectivity index (χ1) is 12.9. The molecule has 0 saturated carbocycles. The normalized spacial score (nSPS) is 12.0. The molecule has 27 heavy (non-hydrogen) atoms. The summed E-state index contributed by atoms with van der Waals surface area (Å²) < 4.78 is 30.9. The van der Waals surface area contributed by atoms with E-state index in [4.69, 9.17) is 23.2 Å². The van der Waals surface area contributed by atoms with Crippen molar-refractivity contribution in [3.63, 3.8) is 0 Å². The van der Waals surface area contributed by atoms with Gasteiger partial charge in [0.25, 0.3) is 0 Å². The minimum absolute atomic E-state index is 0.212. The summed E-state index contributed by atoms with van der Waals surface area (Å²) in [6.45, 7) is 1.96. The van der Waals surface area contributed by atoms with E-state index in [1.165, 1.54) is 6.07 Å². The number of hydrogen-bond donors (Lipinski definition) is 1. The molecule has 0 aliphatic carbocycles. The number of fused-ring (bicyclic) bond motifs is 1. The maximum Gasteiger partial charge on any atom is 0.334 e. The van der Waals surface area contributed by atoms with Gasteiger partial charge in [-0.05, 0) is 35.5 Å². The number of nitrogens with zero attached hydrogens (tertiary/aromatic N) is 6. The predicted molar refractivity (Wildman–Crippen MR) is 95.0 cm³/mol. The van der Waals surface area contributed by atoms with Gasteiger partial charge in [0.05, 0.1) is 17.8 Å². The van der Waals surface area contributed by atoms with Crippen molar-refractivity contribution >= 4 is 34.2 Å². The Labute approximate surface area is 161 Å². The number of nitrogens with one attached hydrogen (secondary N) is 1. The van der Waals surface area contributed by atoms with Gasteiger partial charge in [0.1, 0.15) is 5.52 Å². The molecule has 1 N–H and O–H groups in total. The second-order valence-corrected chi connectivity index (χ2v) is 6.67. The Balaban J connectivity index is 1.83. The Morgan fingerprint density at radius 2 is 1.96 bits per heavy atom. The molecule has 0 bridgehead atoms. The van der Waals surface area contributed by atoms with Crippen LogP contribution in [0.25, 0.3) is 11.0 Å². The summed E-state index contributed by atoms with van der Waals surface area (Å²) in [5, 5.41) is 17.1. The number of hydrogen-bond acceptors (Lipinski definition) is 5. The zero-order chi connectivity index (χ0) is 19.2. The number of alkyl halides is 2. The molecule has 0 saturated heterocycles. The lowest BCUT2D eigenvalue weighted by atomic mass is 10.1. The van der Waals surface area contributed by atoms with E-state index in [0.29, 0.717) is 32.3 Å². The van der Waals surface area contributed by atoms with E-state index in [1.807, 2.05) is 0 Å². The minimum Gasteiger partial charge on any atom is -0.258 e. The fourth-order valence-electron chi connectivity index (χ4n) is 2.77. The zero-order valence-corrected chi connectivity index (χ0v) is 15.3. The van der Waals surface area contributed by atoms with Crippen LogP contribution in [0.5, 0.6) is 0 Å². The standard InChI is InChI=1S/C16H11Cl2F2N7/c1-8-14-13(27(24-8)7-10-11(17)3-2-4-12(10)18)5-9(6-21-14)16(19,20)15-22-25-26-23-15/h2-6H,7H2,1H3,(H,22,23,25,26). The molecule has 0 atom stereocenters. The summed E-state index contributed by atoms with van der Waals surface area (Å²) in [5.41, 5.74) is 1.81. The van der Waals surface area contributed by atoms with Crippen molar-refractivity contribution in [1.82, 2.24) is 35.4 Å². The van der Waals surface area contributed by atoms with Crippen LogP contribution in [0.1, 0.15) is 22.6 Å². The van der Waals surface area contributed by atoms with E-state index >= 15 is 0 Å². The fourth-order valence-corrected chi connectivity index (χ4v) is 3.28. The zero-order valence-electron chi connectivity index (χ0n) is 13.8. The van der Waals surface area contributed by atoms with Crippen LogP contribution in [0, 0.1) is 6.92 Å². The maximum absolute atomic E-state index is 14.7.